The van der Waals surface area contributed by atoms with Gasteiger partial charge in [-0.25, -0.2) is 0 Å². The molecule has 76 valence electrons. The summed E-state index contributed by atoms with van der Waals surface area (Å²) in [6, 6.07) is 0. The van der Waals surface area contributed by atoms with Crippen LogP contribution in [0.15, 0.2) is 0 Å². The van der Waals surface area contributed by atoms with Crippen LogP contribution in [0.1, 0.15) is 12.8 Å². The van der Waals surface area contributed by atoms with Crippen molar-refractivity contribution >= 4 is 11.9 Å². The largest absolute Gasteiger partial charge is 0.481 e. The van der Waals surface area contributed by atoms with Crippen LogP contribution in [0.2, 0.25) is 0 Å². The van der Waals surface area contributed by atoms with Crippen LogP contribution in [0.3, 0.4) is 0 Å². The molecule has 0 aromatic rings. The van der Waals surface area contributed by atoms with Crippen LogP contribution in [0.25, 0.3) is 0 Å². The van der Waals surface area contributed by atoms with E-state index in [2.05, 4.69) is 0 Å². The van der Waals surface area contributed by atoms with Gasteiger partial charge in [-0.3, -0.25) is 9.59 Å². The van der Waals surface area contributed by atoms with E-state index in [0.717, 1.165) is 0 Å². The Morgan fingerprint density at radius 3 is 2.21 bits per heavy atom. The van der Waals surface area contributed by atoms with Gasteiger partial charge in [-0.15, -0.1) is 0 Å². The highest BCUT2D eigenvalue weighted by atomic mass is 16.4. The molecule has 0 aromatic carbocycles. The van der Waals surface area contributed by atoms with E-state index in [0.29, 0.717) is 12.8 Å². The van der Waals surface area contributed by atoms with Gasteiger partial charge in [0.1, 0.15) is 5.54 Å². The molecule has 4 bridgehead atoms. The van der Waals surface area contributed by atoms with Gasteiger partial charge in [-0.2, -0.15) is 0 Å². The van der Waals surface area contributed by atoms with Crippen molar-refractivity contribution in [3.05, 3.63) is 0 Å². The highest BCUT2D eigenvalue weighted by molar-refractivity contribution is 5.90. The summed E-state index contributed by atoms with van der Waals surface area (Å²) in [6.07, 6.45) is 1.14. The molecule has 0 amide bonds. The third-order valence-corrected chi connectivity index (χ3v) is 4.59. The molecule has 5 heteroatoms. The van der Waals surface area contributed by atoms with Gasteiger partial charge in [0.2, 0.25) is 0 Å². The predicted octanol–water partition coefficient (Wildman–Crippen LogP) is -0.491. The van der Waals surface area contributed by atoms with Crippen molar-refractivity contribution in [1.29, 1.82) is 0 Å². The molecule has 5 atom stereocenters. The fraction of sp³-hybridized carbons (Fsp3) is 0.778. The first-order valence-corrected chi connectivity index (χ1v) is 4.71. The molecular formula is C9H11NO4. The van der Waals surface area contributed by atoms with Crippen molar-refractivity contribution in [2.75, 3.05) is 0 Å². The van der Waals surface area contributed by atoms with Crippen LogP contribution in [-0.2, 0) is 9.59 Å². The summed E-state index contributed by atoms with van der Waals surface area (Å²) in [4.78, 5) is 22.1. The minimum absolute atomic E-state index is 0.0195. The van der Waals surface area contributed by atoms with Crippen LogP contribution in [0, 0.1) is 23.2 Å². The van der Waals surface area contributed by atoms with E-state index in [4.69, 9.17) is 15.9 Å². The average molecular weight is 197 g/mol. The number of carbonyl (C=O) groups is 2. The number of hydrogen-bond donors (Lipinski definition) is 3. The van der Waals surface area contributed by atoms with E-state index in [1.54, 1.807) is 0 Å². The normalized spacial score (nSPS) is 57.4. The Morgan fingerprint density at radius 2 is 1.93 bits per heavy atom. The van der Waals surface area contributed by atoms with Crippen molar-refractivity contribution in [2.45, 2.75) is 18.4 Å². The fourth-order valence-corrected chi connectivity index (χ4v) is 4.00. The number of aliphatic carboxylic acids is 2. The number of carboxylic acids is 2. The lowest BCUT2D eigenvalue weighted by Gasteiger charge is -2.22. The monoisotopic (exact) mass is 197 g/mol. The molecule has 0 radical (unpaired) electrons. The van der Waals surface area contributed by atoms with Crippen LogP contribution in [0.5, 0.6) is 0 Å². The van der Waals surface area contributed by atoms with Crippen molar-refractivity contribution in [3.8, 4) is 0 Å². The zero-order chi connectivity index (χ0) is 10.3. The highest BCUT2D eigenvalue weighted by Crippen LogP contribution is 2.81. The molecule has 0 spiro atoms. The Kier molecular flexibility index (Phi) is 1.07. The van der Waals surface area contributed by atoms with Crippen LogP contribution in [0.4, 0.5) is 0 Å². The van der Waals surface area contributed by atoms with Gasteiger partial charge in [0.15, 0.2) is 0 Å². The summed E-state index contributed by atoms with van der Waals surface area (Å²) in [5, 5.41) is 18.1. The van der Waals surface area contributed by atoms with E-state index in [-0.39, 0.29) is 17.8 Å². The zero-order valence-corrected chi connectivity index (χ0v) is 7.43. The van der Waals surface area contributed by atoms with E-state index in [1.807, 2.05) is 0 Å². The second-order valence-corrected chi connectivity index (χ2v) is 4.80. The first-order chi connectivity index (χ1) is 6.45. The van der Waals surface area contributed by atoms with Crippen molar-refractivity contribution in [1.82, 2.24) is 0 Å². The van der Waals surface area contributed by atoms with E-state index in [1.165, 1.54) is 0 Å². The number of rotatable bonds is 2. The first-order valence-electron chi connectivity index (χ1n) is 4.71. The Morgan fingerprint density at radius 1 is 1.29 bits per heavy atom. The van der Waals surface area contributed by atoms with Gasteiger partial charge >= 0.3 is 11.9 Å². The SMILES string of the molecule is N[C@]1(C(=O)O)[C@@H]2C[C@H]3[C@H]1[C@@]3(C(=O)O)C2. The third kappa shape index (κ3) is 0.507. The Bertz CT molecular complexity index is 368. The molecule has 14 heavy (non-hydrogen) atoms. The van der Waals surface area contributed by atoms with Gasteiger partial charge in [-0.1, -0.05) is 0 Å². The quantitative estimate of drug-likeness (QED) is 0.554. The second kappa shape index (κ2) is 1.82. The summed E-state index contributed by atoms with van der Waals surface area (Å²) in [5.41, 5.74) is 3.79. The minimum atomic E-state index is -1.26. The first kappa shape index (κ1) is 8.23. The fourth-order valence-electron chi connectivity index (χ4n) is 4.00. The van der Waals surface area contributed by atoms with Crippen molar-refractivity contribution in [2.24, 2.45) is 28.9 Å². The number of hydrogen-bond acceptors (Lipinski definition) is 3. The van der Waals surface area contributed by atoms with E-state index < -0.39 is 22.9 Å². The highest BCUT2D eigenvalue weighted by Gasteiger charge is 2.88. The Hall–Kier alpha value is -1.10. The van der Waals surface area contributed by atoms with Gasteiger partial charge in [0, 0.05) is 5.92 Å². The molecular weight excluding hydrogens is 186 g/mol. The van der Waals surface area contributed by atoms with Gasteiger partial charge in [0.25, 0.3) is 0 Å². The van der Waals surface area contributed by atoms with E-state index in [9.17, 15) is 9.59 Å². The smallest absolute Gasteiger partial charge is 0.324 e. The molecule has 0 aliphatic heterocycles. The van der Waals surface area contributed by atoms with Crippen molar-refractivity contribution < 1.29 is 19.8 Å². The van der Waals surface area contributed by atoms with E-state index >= 15 is 0 Å². The van der Waals surface area contributed by atoms with Crippen LogP contribution >= 0.6 is 0 Å². The molecule has 4 fully saturated rings. The molecule has 5 nitrogen and oxygen atoms in total. The zero-order valence-electron chi connectivity index (χ0n) is 7.43. The van der Waals surface area contributed by atoms with Crippen LogP contribution < -0.4 is 5.73 Å². The molecule has 0 aromatic heterocycles. The maximum Gasteiger partial charge on any atom is 0.324 e. The standard InChI is InChI=1S/C9H11NO4/c10-9(7(13)14)3-1-4-5(9)8(4,2-3)6(11)12/h3-5H,1-2,10H2,(H,11,12)(H,13,14)/t3-,4+,5+,8-,9-/m1/s1. The molecule has 4 rings (SSSR count). The summed E-state index contributed by atoms with van der Waals surface area (Å²) in [5.74, 6) is -2.33. The topological polar surface area (TPSA) is 101 Å². The lowest BCUT2D eigenvalue weighted by molar-refractivity contribution is -0.145. The number of carboxylic acid groups (broad SMARTS) is 2. The second-order valence-electron chi connectivity index (χ2n) is 4.80. The Balaban J connectivity index is 2.06. The van der Waals surface area contributed by atoms with Crippen molar-refractivity contribution in [3.63, 3.8) is 0 Å². The van der Waals surface area contributed by atoms with Gasteiger partial charge < -0.3 is 15.9 Å². The molecule has 0 saturated heterocycles. The summed E-state index contributed by atoms with van der Waals surface area (Å²) < 4.78 is 0. The molecule has 4 aliphatic rings. The maximum atomic E-state index is 11.1. The third-order valence-electron chi connectivity index (χ3n) is 4.59. The molecule has 4 aliphatic carbocycles. The summed E-state index contributed by atoms with van der Waals surface area (Å²) in [6.45, 7) is 0. The molecule has 4 saturated carbocycles. The molecule has 4 N–H and O–H groups in total. The minimum Gasteiger partial charge on any atom is -0.481 e. The molecule has 0 unspecified atom stereocenters. The average Bonchev–Trinajstić information content (AvgIpc) is 2.45. The predicted molar refractivity (Wildman–Crippen MR) is 44.3 cm³/mol. The van der Waals surface area contributed by atoms with Gasteiger partial charge in [-0.05, 0) is 24.7 Å². The maximum absolute atomic E-state index is 11.1. The number of nitrogens with two attached hydrogens (primary N) is 1. The summed E-state index contributed by atoms with van der Waals surface area (Å²) >= 11 is 0. The molecule has 0 heterocycles. The van der Waals surface area contributed by atoms with Crippen LogP contribution in [-0.4, -0.2) is 27.7 Å². The van der Waals surface area contributed by atoms with Gasteiger partial charge in [0.05, 0.1) is 5.41 Å². The lowest BCUT2D eigenvalue weighted by Crippen LogP contribution is -2.51. The summed E-state index contributed by atoms with van der Waals surface area (Å²) in [7, 11) is 0. The Labute approximate surface area is 79.9 Å². The lowest BCUT2D eigenvalue weighted by atomic mass is 9.90.